The number of ether oxygens (including phenoxy) is 1. The van der Waals surface area contributed by atoms with Crippen molar-refractivity contribution >= 4 is 39.8 Å². The molecular formula is C18H16ClN3O2. The molecule has 0 spiro atoms. The van der Waals surface area contributed by atoms with Crippen LogP contribution in [0.25, 0.3) is 10.9 Å². The third-order valence-electron chi connectivity index (χ3n) is 3.47. The lowest BCUT2D eigenvalue weighted by atomic mass is 10.1. The Labute approximate surface area is 144 Å². The minimum atomic E-state index is -0.431. The van der Waals surface area contributed by atoms with Crippen LogP contribution >= 0.6 is 11.6 Å². The van der Waals surface area contributed by atoms with Crippen LogP contribution in [0.1, 0.15) is 17.3 Å². The largest absolute Gasteiger partial charge is 0.462 e. The number of aromatic nitrogens is 1. The first kappa shape index (κ1) is 16.1. The second kappa shape index (κ2) is 7.19. The van der Waals surface area contributed by atoms with Gasteiger partial charge in [0.1, 0.15) is 5.56 Å². The van der Waals surface area contributed by atoms with E-state index in [1.54, 1.807) is 13.0 Å². The number of anilines is 2. The number of benzene rings is 2. The fraction of sp³-hybridized carbons (Fsp3) is 0.111. The summed E-state index contributed by atoms with van der Waals surface area (Å²) in [6.45, 7) is 2.06. The maximum Gasteiger partial charge on any atom is 0.341 e. The Morgan fingerprint density at radius 3 is 2.67 bits per heavy atom. The van der Waals surface area contributed by atoms with E-state index >= 15 is 0 Å². The summed E-state index contributed by atoms with van der Waals surface area (Å²) >= 11 is 6.15. The smallest absolute Gasteiger partial charge is 0.341 e. The van der Waals surface area contributed by atoms with E-state index in [-0.39, 0.29) is 0 Å². The molecule has 0 fully saturated rings. The predicted molar refractivity (Wildman–Crippen MR) is 96.4 cm³/mol. The number of para-hydroxylation sites is 2. The number of hydrazine groups is 1. The zero-order valence-electron chi connectivity index (χ0n) is 13.0. The minimum Gasteiger partial charge on any atom is -0.462 e. The van der Waals surface area contributed by atoms with Crippen molar-refractivity contribution in [2.24, 2.45) is 0 Å². The van der Waals surface area contributed by atoms with Gasteiger partial charge in [0.2, 0.25) is 0 Å². The van der Waals surface area contributed by atoms with Gasteiger partial charge in [-0.2, -0.15) is 0 Å². The molecule has 0 unspecified atom stereocenters. The molecule has 5 nitrogen and oxygen atoms in total. The third-order valence-corrected chi connectivity index (χ3v) is 3.80. The van der Waals surface area contributed by atoms with Crippen LogP contribution in [-0.4, -0.2) is 17.6 Å². The van der Waals surface area contributed by atoms with E-state index in [2.05, 4.69) is 15.8 Å². The molecule has 0 atom stereocenters. The summed E-state index contributed by atoms with van der Waals surface area (Å²) in [6, 6.07) is 14.9. The molecule has 0 aliphatic carbocycles. The highest BCUT2D eigenvalue weighted by Crippen LogP contribution is 2.28. The van der Waals surface area contributed by atoms with E-state index in [9.17, 15) is 4.79 Å². The Morgan fingerprint density at radius 1 is 1.12 bits per heavy atom. The molecule has 0 aliphatic heterocycles. The van der Waals surface area contributed by atoms with Crippen LogP contribution in [-0.2, 0) is 4.74 Å². The number of carbonyl (C=O) groups is 1. The number of rotatable bonds is 5. The van der Waals surface area contributed by atoms with Gasteiger partial charge in [0.15, 0.2) is 0 Å². The number of esters is 1. The Balaban J connectivity index is 2.01. The van der Waals surface area contributed by atoms with Gasteiger partial charge in [-0.1, -0.05) is 41.9 Å². The Hall–Kier alpha value is -2.79. The SMILES string of the molecule is CCOC(=O)c1cnc2ccccc2c1NNc1ccccc1Cl. The Morgan fingerprint density at radius 2 is 1.88 bits per heavy atom. The molecule has 122 valence electrons. The van der Waals surface area contributed by atoms with Crippen molar-refractivity contribution < 1.29 is 9.53 Å². The minimum absolute atomic E-state index is 0.295. The Bertz CT molecular complexity index is 883. The average Bonchev–Trinajstić information content (AvgIpc) is 2.61. The molecule has 6 heteroatoms. The summed E-state index contributed by atoms with van der Waals surface area (Å²) in [5.41, 5.74) is 8.55. The van der Waals surface area contributed by atoms with Crippen LogP contribution in [0.15, 0.2) is 54.7 Å². The highest BCUT2D eigenvalue weighted by Gasteiger charge is 2.16. The first-order valence-electron chi connectivity index (χ1n) is 7.52. The quantitative estimate of drug-likeness (QED) is 0.528. The van der Waals surface area contributed by atoms with Crippen LogP contribution in [0.4, 0.5) is 11.4 Å². The standard InChI is InChI=1S/C18H16ClN3O2/c1-2-24-18(23)13-11-20-15-9-5-3-7-12(15)17(13)22-21-16-10-6-4-8-14(16)19/h3-11,21H,2H2,1H3,(H,20,22). The summed E-state index contributed by atoms with van der Waals surface area (Å²) < 4.78 is 5.12. The van der Waals surface area contributed by atoms with Gasteiger partial charge in [-0.3, -0.25) is 15.8 Å². The number of fused-ring (bicyclic) bond motifs is 1. The van der Waals surface area contributed by atoms with Gasteiger partial charge in [-0.15, -0.1) is 0 Å². The highest BCUT2D eigenvalue weighted by atomic mass is 35.5. The first-order valence-corrected chi connectivity index (χ1v) is 7.90. The van der Waals surface area contributed by atoms with Gasteiger partial charge in [0.05, 0.1) is 28.5 Å². The second-order valence-corrected chi connectivity index (χ2v) is 5.42. The van der Waals surface area contributed by atoms with Crippen LogP contribution < -0.4 is 10.9 Å². The van der Waals surface area contributed by atoms with Gasteiger partial charge >= 0.3 is 5.97 Å². The van der Waals surface area contributed by atoms with Crippen molar-refractivity contribution in [3.63, 3.8) is 0 Å². The summed E-state index contributed by atoms with van der Waals surface area (Å²) in [5.74, 6) is -0.431. The van der Waals surface area contributed by atoms with E-state index in [4.69, 9.17) is 16.3 Å². The number of nitrogens with zero attached hydrogens (tertiary/aromatic N) is 1. The van der Waals surface area contributed by atoms with Crippen molar-refractivity contribution in [1.29, 1.82) is 0 Å². The van der Waals surface area contributed by atoms with Crippen LogP contribution in [0.5, 0.6) is 0 Å². The predicted octanol–water partition coefficient (Wildman–Crippen LogP) is 4.50. The van der Waals surface area contributed by atoms with E-state index in [1.165, 1.54) is 6.20 Å². The monoisotopic (exact) mass is 341 g/mol. The number of carbonyl (C=O) groups excluding carboxylic acids is 1. The lowest BCUT2D eigenvalue weighted by molar-refractivity contribution is 0.0527. The van der Waals surface area contributed by atoms with Crippen molar-refractivity contribution in [1.82, 2.24) is 4.98 Å². The van der Waals surface area contributed by atoms with Crippen molar-refractivity contribution in [3.05, 3.63) is 65.3 Å². The van der Waals surface area contributed by atoms with Crippen LogP contribution in [0.3, 0.4) is 0 Å². The van der Waals surface area contributed by atoms with Gasteiger partial charge in [0, 0.05) is 11.6 Å². The number of pyridine rings is 1. The molecule has 0 aliphatic rings. The zero-order chi connectivity index (χ0) is 16.9. The van der Waals surface area contributed by atoms with E-state index in [0.717, 1.165) is 10.9 Å². The molecule has 0 saturated heterocycles. The molecule has 0 saturated carbocycles. The molecule has 0 bridgehead atoms. The van der Waals surface area contributed by atoms with Crippen molar-refractivity contribution in [2.45, 2.75) is 6.92 Å². The highest BCUT2D eigenvalue weighted by molar-refractivity contribution is 6.33. The fourth-order valence-corrected chi connectivity index (χ4v) is 2.52. The lowest BCUT2D eigenvalue weighted by Crippen LogP contribution is -2.15. The van der Waals surface area contributed by atoms with E-state index < -0.39 is 5.97 Å². The molecule has 1 aromatic heterocycles. The molecule has 3 aromatic rings. The molecule has 0 radical (unpaired) electrons. The number of hydrogen-bond acceptors (Lipinski definition) is 5. The summed E-state index contributed by atoms with van der Waals surface area (Å²) in [4.78, 5) is 16.6. The summed E-state index contributed by atoms with van der Waals surface area (Å²) in [7, 11) is 0. The summed E-state index contributed by atoms with van der Waals surface area (Å²) in [6.07, 6.45) is 1.51. The lowest BCUT2D eigenvalue weighted by Gasteiger charge is -2.16. The van der Waals surface area contributed by atoms with Gasteiger partial charge in [0.25, 0.3) is 0 Å². The topological polar surface area (TPSA) is 63.2 Å². The Kier molecular flexibility index (Phi) is 4.82. The van der Waals surface area contributed by atoms with Crippen LogP contribution in [0.2, 0.25) is 5.02 Å². The summed E-state index contributed by atoms with van der Waals surface area (Å²) in [5, 5.41) is 1.38. The molecule has 3 rings (SSSR count). The van der Waals surface area contributed by atoms with Gasteiger partial charge in [-0.05, 0) is 25.1 Å². The number of nitrogens with one attached hydrogen (secondary N) is 2. The number of halogens is 1. The average molecular weight is 342 g/mol. The normalized spacial score (nSPS) is 10.4. The van der Waals surface area contributed by atoms with Gasteiger partial charge in [-0.25, -0.2) is 4.79 Å². The van der Waals surface area contributed by atoms with E-state index in [0.29, 0.717) is 28.6 Å². The second-order valence-electron chi connectivity index (χ2n) is 5.01. The van der Waals surface area contributed by atoms with Gasteiger partial charge < -0.3 is 4.74 Å². The van der Waals surface area contributed by atoms with Crippen LogP contribution in [0, 0.1) is 0 Å². The van der Waals surface area contributed by atoms with Crippen molar-refractivity contribution in [2.75, 3.05) is 17.5 Å². The molecule has 2 aromatic carbocycles. The third kappa shape index (κ3) is 3.26. The molecule has 2 N–H and O–H groups in total. The molecule has 0 amide bonds. The maximum absolute atomic E-state index is 12.2. The molecule has 24 heavy (non-hydrogen) atoms. The fourth-order valence-electron chi connectivity index (χ4n) is 2.33. The molecular weight excluding hydrogens is 326 g/mol. The zero-order valence-corrected chi connectivity index (χ0v) is 13.8. The number of hydrogen-bond donors (Lipinski definition) is 2. The molecule has 1 heterocycles. The first-order chi connectivity index (χ1) is 11.7. The van der Waals surface area contributed by atoms with E-state index in [1.807, 2.05) is 42.5 Å². The van der Waals surface area contributed by atoms with Crippen molar-refractivity contribution in [3.8, 4) is 0 Å². The maximum atomic E-state index is 12.2.